The molecule has 10 rings (SSSR count). The molecule has 0 atom stereocenters. The molecule has 2 heterocycles. The third-order valence-corrected chi connectivity index (χ3v) is 10.8. The van der Waals surface area contributed by atoms with Crippen molar-refractivity contribution in [2.24, 2.45) is 0 Å². The molecule has 0 unspecified atom stereocenters. The first kappa shape index (κ1) is 41.6. The van der Waals surface area contributed by atoms with E-state index in [1.807, 2.05) is 30.6 Å². The average Bonchev–Trinajstić information content (AvgIpc) is 3.25. The molecule has 0 saturated heterocycles. The minimum absolute atomic E-state index is 0. The second-order valence-electron chi connectivity index (χ2n) is 16.0. The predicted octanol–water partition coefficient (Wildman–Crippen LogP) is 13.9. The van der Waals surface area contributed by atoms with Gasteiger partial charge in [0.05, 0.1) is 24.1 Å². The Morgan fingerprint density at radius 1 is 0.600 bits per heavy atom. The van der Waals surface area contributed by atoms with E-state index in [0.29, 0.717) is 0 Å². The van der Waals surface area contributed by atoms with Crippen LogP contribution in [0.5, 0.6) is 0 Å². The molecule has 0 fully saturated rings. The van der Waals surface area contributed by atoms with Gasteiger partial charge < -0.3 is 10.1 Å². The largest absolute Gasteiger partial charge is 0.512 e. The Labute approximate surface area is 364 Å². The molecule has 10 aromatic rings. The van der Waals surface area contributed by atoms with Crippen LogP contribution in [0, 0.1) is 6.07 Å². The van der Waals surface area contributed by atoms with Gasteiger partial charge in [0.2, 0.25) is 5.69 Å². The Morgan fingerprint density at radius 3 is 1.83 bits per heavy atom. The molecule has 0 spiro atoms. The summed E-state index contributed by atoms with van der Waals surface area (Å²) >= 11 is 0. The maximum Gasteiger partial charge on any atom is 0.316 e. The van der Waals surface area contributed by atoms with Crippen LogP contribution in [0.4, 0.5) is 0 Å². The SMILES string of the molecule is CC(=[OH+])C=C(C)O.CC(C)(C)c1ccc2ccc3c4ccnc(-c5[c-]cccc5)c4ccc3c2c1.[Ir].c1ccc(-c2[nH+]ccc3c2ccc2c4ccccc4ccc32)cc1. The molecule has 4 nitrogen and oxygen atoms in total. The standard InChI is InChI=1S/C27H22N.C23H15N.C5H8O2.Ir/c1-27(2,3)20-11-9-18-10-12-21-22(25(18)17-20)13-14-24-23(21)15-16-28-26(24)19-7-5-4-6-8-19;1-2-7-17(8-3-1)23-22-13-12-19-18-9-5-4-6-16(18)10-11-20(19)21(22)14-15-24-23;1-4(6)3-5(2)7;/h4-7,9-17H,1-3H3;1-15H;3,6H,1-2H3;/q-1;;;/p+2. The van der Waals surface area contributed by atoms with Gasteiger partial charge in [-0.2, -0.15) is 0 Å². The number of nitrogens with zero attached hydrogens (tertiary/aromatic N) is 1. The molecule has 0 aliphatic rings. The Bertz CT molecular complexity index is 3180. The number of nitrogens with one attached hydrogen (secondary N) is 1. The topological polar surface area (TPSA) is 68.7 Å². The summed E-state index contributed by atoms with van der Waals surface area (Å²) in [6.07, 6.45) is 5.23. The third kappa shape index (κ3) is 8.60. The minimum atomic E-state index is 0. The van der Waals surface area contributed by atoms with Gasteiger partial charge in [-0.15, -0.1) is 35.9 Å². The van der Waals surface area contributed by atoms with Gasteiger partial charge in [0.25, 0.3) is 0 Å². The molecule has 0 aliphatic heterocycles. The second-order valence-corrected chi connectivity index (χ2v) is 16.0. The zero-order chi connectivity index (χ0) is 41.1. The maximum absolute atomic E-state index is 8.40. The van der Waals surface area contributed by atoms with Crippen molar-refractivity contribution in [2.45, 2.75) is 40.0 Å². The number of ketones is 1. The van der Waals surface area contributed by atoms with Crippen molar-refractivity contribution < 1.29 is 35.0 Å². The van der Waals surface area contributed by atoms with Gasteiger partial charge in [-0.25, -0.2) is 4.98 Å². The first-order valence-electron chi connectivity index (χ1n) is 20.0. The van der Waals surface area contributed by atoms with E-state index in [4.69, 9.17) is 9.90 Å². The van der Waals surface area contributed by atoms with Crippen LogP contribution in [-0.2, 0) is 25.5 Å². The summed E-state index contributed by atoms with van der Waals surface area (Å²) in [5.74, 6) is 0.250. The van der Waals surface area contributed by atoms with E-state index >= 15 is 0 Å². The van der Waals surface area contributed by atoms with Gasteiger partial charge in [0, 0.05) is 43.3 Å². The van der Waals surface area contributed by atoms with E-state index in [1.165, 1.54) is 101 Å². The first-order valence-corrected chi connectivity index (χ1v) is 20.0. The number of H-pyrrole nitrogens is 1. The molecular formula is C55H47IrN2O2+. The number of fused-ring (bicyclic) bond motifs is 10. The monoisotopic (exact) mass is 960 g/mol. The molecule has 0 aliphatic carbocycles. The Morgan fingerprint density at radius 2 is 1.17 bits per heavy atom. The van der Waals surface area contributed by atoms with E-state index in [1.54, 1.807) is 0 Å². The number of hydrogen-bond donors (Lipinski definition) is 1. The Balaban J connectivity index is 0.000000156. The van der Waals surface area contributed by atoms with Crippen molar-refractivity contribution in [1.82, 2.24) is 4.98 Å². The molecule has 297 valence electrons. The summed E-state index contributed by atoms with van der Waals surface area (Å²) in [5.41, 5.74) is 5.90. The van der Waals surface area contributed by atoms with E-state index < -0.39 is 0 Å². The first-order chi connectivity index (χ1) is 28.6. The molecular weight excluding hydrogens is 913 g/mol. The van der Waals surface area contributed by atoms with Crippen LogP contribution in [0.2, 0.25) is 0 Å². The van der Waals surface area contributed by atoms with E-state index in [-0.39, 0.29) is 37.1 Å². The summed E-state index contributed by atoms with van der Waals surface area (Å²) < 4.78 is 0. The number of aromatic amines is 1. The van der Waals surface area contributed by atoms with Crippen LogP contribution < -0.4 is 4.98 Å². The summed E-state index contributed by atoms with van der Waals surface area (Å²) in [7, 11) is 0. The van der Waals surface area contributed by atoms with Crippen molar-refractivity contribution in [3.05, 3.63) is 194 Å². The Hall–Kier alpha value is -6.52. The number of allylic oxidation sites excluding steroid dienone is 2. The van der Waals surface area contributed by atoms with E-state index in [2.05, 4.69) is 176 Å². The number of carbonyl (C=O) groups excluding carboxylic acids is 1. The van der Waals surface area contributed by atoms with Crippen molar-refractivity contribution >= 4 is 70.4 Å². The third-order valence-electron chi connectivity index (χ3n) is 10.8. The number of aromatic nitrogens is 2. The molecule has 2 aromatic heterocycles. The van der Waals surface area contributed by atoms with Gasteiger partial charge in [0.1, 0.15) is 0 Å². The predicted molar refractivity (Wildman–Crippen MR) is 250 cm³/mol. The summed E-state index contributed by atoms with van der Waals surface area (Å²) in [4.78, 5) is 16.5. The second kappa shape index (κ2) is 17.8. The van der Waals surface area contributed by atoms with Gasteiger partial charge >= 0.3 is 5.78 Å². The summed E-state index contributed by atoms with van der Waals surface area (Å²) in [6.45, 7) is 9.80. The molecule has 3 N–H and O–H groups in total. The molecule has 0 bridgehead atoms. The van der Waals surface area contributed by atoms with Crippen LogP contribution >= 0.6 is 0 Å². The van der Waals surface area contributed by atoms with E-state index in [0.717, 1.165) is 11.3 Å². The number of benzene rings is 8. The van der Waals surface area contributed by atoms with Gasteiger partial charge in [0.15, 0.2) is 6.20 Å². The molecule has 1 radical (unpaired) electrons. The zero-order valence-electron chi connectivity index (χ0n) is 34.4. The van der Waals surface area contributed by atoms with Crippen LogP contribution in [0.3, 0.4) is 0 Å². The average molecular weight is 960 g/mol. The maximum atomic E-state index is 8.40. The summed E-state index contributed by atoms with van der Waals surface area (Å²) in [6, 6.07) is 59.5. The zero-order valence-corrected chi connectivity index (χ0v) is 36.8. The van der Waals surface area contributed by atoms with Gasteiger partial charge in [-0.1, -0.05) is 124 Å². The minimum Gasteiger partial charge on any atom is -0.512 e. The van der Waals surface area contributed by atoms with Crippen molar-refractivity contribution in [1.29, 1.82) is 0 Å². The van der Waals surface area contributed by atoms with E-state index in [9.17, 15) is 0 Å². The molecule has 0 amide bonds. The number of aliphatic hydroxyl groups is 1. The van der Waals surface area contributed by atoms with Crippen LogP contribution in [0.25, 0.3) is 87.1 Å². The molecule has 8 aromatic carbocycles. The normalized spacial score (nSPS) is 11.5. The van der Waals surface area contributed by atoms with Crippen molar-refractivity contribution in [2.75, 3.05) is 0 Å². The Kier molecular flexibility index (Phi) is 12.3. The van der Waals surface area contributed by atoms with Crippen molar-refractivity contribution in [3.8, 4) is 22.5 Å². The fraction of sp³-hybridized carbons (Fsp3) is 0.109. The van der Waals surface area contributed by atoms with Gasteiger partial charge in [-0.05, 0) is 102 Å². The molecule has 0 saturated carbocycles. The number of hydrogen-bond acceptors (Lipinski definition) is 2. The fourth-order valence-corrected chi connectivity index (χ4v) is 7.96. The molecule has 60 heavy (non-hydrogen) atoms. The van der Waals surface area contributed by atoms with Gasteiger partial charge in [-0.3, -0.25) is 4.79 Å². The van der Waals surface area contributed by atoms with Crippen LogP contribution in [-0.4, -0.2) is 20.7 Å². The smallest absolute Gasteiger partial charge is 0.316 e. The fourth-order valence-electron chi connectivity index (χ4n) is 7.96. The van der Waals surface area contributed by atoms with Crippen LogP contribution in [0.15, 0.2) is 182 Å². The van der Waals surface area contributed by atoms with Crippen molar-refractivity contribution in [3.63, 3.8) is 0 Å². The summed E-state index contributed by atoms with van der Waals surface area (Å²) in [5, 5.41) is 23.7. The van der Waals surface area contributed by atoms with Crippen LogP contribution in [0.1, 0.15) is 40.2 Å². The molecule has 5 heteroatoms. The number of rotatable bonds is 3. The number of pyridine rings is 2. The number of aliphatic hydroxyl groups excluding tert-OH is 1. The quantitative estimate of drug-likeness (QED) is 0.0630.